The van der Waals surface area contributed by atoms with Crippen molar-refractivity contribution in [1.29, 1.82) is 0 Å². The Morgan fingerprint density at radius 3 is 2.44 bits per heavy atom. The zero-order chi connectivity index (χ0) is 24.5. The highest BCUT2D eigenvalue weighted by molar-refractivity contribution is 6.34. The molecule has 1 unspecified atom stereocenters. The summed E-state index contributed by atoms with van der Waals surface area (Å²) >= 11 is 12.0. The van der Waals surface area contributed by atoms with Crippen LogP contribution in [0.4, 0.5) is 13.2 Å². The highest BCUT2D eigenvalue weighted by Crippen LogP contribution is 2.47. The normalized spacial score (nSPS) is 23.1. The number of halogens is 5. The first-order valence-electron chi connectivity index (χ1n) is 10.9. The fourth-order valence-electron chi connectivity index (χ4n) is 4.94. The van der Waals surface area contributed by atoms with Crippen LogP contribution in [0.3, 0.4) is 0 Å². The lowest BCUT2D eigenvalue weighted by molar-refractivity contribution is -0.196. The van der Waals surface area contributed by atoms with Gasteiger partial charge < -0.3 is 9.64 Å². The molecule has 0 aliphatic carbocycles. The first kappa shape index (κ1) is 23.5. The molecule has 1 atom stereocenters. The molecule has 0 radical (unpaired) electrons. The second-order valence-electron chi connectivity index (χ2n) is 9.41. The molecule has 5 rings (SSSR count). The highest BCUT2D eigenvalue weighted by Gasteiger charge is 2.59. The summed E-state index contributed by atoms with van der Waals surface area (Å²) in [5.41, 5.74) is 2.00. The van der Waals surface area contributed by atoms with E-state index < -0.39 is 23.7 Å². The van der Waals surface area contributed by atoms with E-state index in [0.717, 1.165) is 11.1 Å². The standard InChI is InChI=1S/C24H22Cl2F3N3O2/c1-13(2)21(33)32-11-22(12-32)19-4-3-14(5-15(19)10-34-22)20-9-23(31-30-20,24(27,28)29)16-6-17(25)8-18(26)7-16/h3-8,13,31H,9-12H2,1-2H3. The largest absolute Gasteiger partial charge is 0.417 e. The molecule has 0 saturated carbocycles. The molecule has 2 aromatic carbocycles. The third-order valence-electron chi connectivity index (χ3n) is 6.79. The Hall–Kier alpha value is -2.29. The number of fused-ring (bicyclic) bond motifs is 2. The van der Waals surface area contributed by atoms with Gasteiger partial charge in [0.2, 0.25) is 5.91 Å². The Labute approximate surface area is 204 Å². The van der Waals surface area contributed by atoms with Crippen LogP contribution in [0.5, 0.6) is 0 Å². The first-order chi connectivity index (χ1) is 15.9. The molecule has 1 amide bonds. The number of hydrogen-bond acceptors (Lipinski definition) is 4. The zero-order valence-corrected chi connectivity index (χ0v) is 20.0. The number of likely N-dealkylation sites (tertiary alicyclic amines) is 1. The lowest BCUT2D eigenvalue weighted by Crippen LogP contribution is -2.61. The molecule has 3 heterocycles. The van der Waals surface area contributed by atoms with Crippen LogP contribution in [-0.4, -0.2) is 35.8 Å². The maximum Gasteiger partial charge on any atom is 0.417 e. The molecule has 3 aliphatic heterocycles. The van der Waals surface area contributed by atoms with Crippen molar-refractivity contribution in [3.8, 4) is 0 Å². The van der Waals surface area contributed by atoms with Crippen molar-refractivity contribution >= 4 is 34.8 Å². The molecule has 3 aliphatic rings. The maximum absolute atomic E-state index is 14.3. The first-order valence-corrected chi connectivity index (χ1v) is 11.6. The second kappa shape index (κ2) is 7.86. The number of nitrogens with zero attached hydrogens (tertiary/aromatic N) is 2. The molecule has 0 aromatic heterocycles. The van der Waals surface area contributed by atoms with Crippen LogP contribution in [-0.2, 0) is 27.3 Å². The summed E-state index contributed by atoms with van der Waals surface area (Å²) in [4.78, 5) is 14.0. The third kappa shape index (κ3) is 3.58. The van der Waals surface area contributed by atoms with Crippen LogP contribution >= 0.6 is 23.2 Å². The van der Waals surface area contributed by atoms with E-state index >= 15 is 0 Å². The predicted octanol–water partition coefficient (Wildman–Crippen LogP) is 5.37. The number of hydrogen-bond donors (Lipinski definition) is 1. The molecule has 10 heteroatoms. The minimum absolute atomic E-state index is 0.0790. The van der Waals surface area contributed by atoms with Crippen molar-refractivity contribution in [3.63, 3.8) is 0 Å². The summed E-state index contributed by atoms with van der Waals surface area (Å²) in [6.07, 6.45) is -5.05. The molecule has 180 valence electrons. The third-order valence-corrected chi connectivity index (χ3v) is 7.22. The van der Waals surface area contributed by atoms with E-state index in [9.17, 15) is 18.0 Å². The summed E-state index contributed by atoms with van der Waals surface area (Å²) in [6.45, 7) is 5.01. The minimum Gasteiger partial charge on any atom is -0.362 e. The van der Waals surface area contributed by atoms with Crippen LogP contribution in [0.25, 0.3) is 0 Å². The van der Waals surface area contributed by atoms with E-state index in [0.29, 0.717) is 25.3 Å². The van der Waals surface area contributed by atoms with Gasteiger partial charge in [0.1, 0.15) is 5.60 Å². The highest BCUT2D eigenvalue weighted by atomic mass is 35.5. The number of nitrogens with one attached hydrogen (secondary N) is 1. The van der Waals surface area contributed by atoms with E-state index in [1.165, 1.54) is 18.2 Å². The average Bonchev–Trinajstić information content (AvgIpc) is 3.34. The Bertz CT molecular complexity index is 1190. The Kier molecular flexibility index (Phi) is 5.42. The van der Waals surface area contributed by atoms with Crippen molar-refractivity contribution in [2.45, 2.75) is 44.2 Å². The van der Waals surface area contributed by atoms with Gasteiger partial charge in [0, 0.05) is 22.4 Å². The van der Waals surface area contributed by atoms with E-state index in [1.54, 1.807) is 11.0 Å². The average molecular weight is 512 g/mol. The number of hydrazone groups is 1. The maximum atomic E-state index is 14.3. The SMILES string of the molecule is CC(C)C(=O)N1CC2(C1)OCc1cc(C3=NNC(c4cc(Cl)cc(Cl)c4)(C(F)(F)F)C3)ccc12. The Morgan fingerprint density at radius 1 is 1.15 bits per heavy atom. The molecule has 1 N–H and O–H groups in total. The molecule has 2 aromatic rings. The molecular formula is C24H22Cl2F3N3O2. The Morgan fingerprint density at radius 2 is 1.82 bits per heavy atom. The van der Waals surface area contributed by atoms with Gasteiger partial charge in [0.25, 0.3) is 0 Å². The van der Waals surface area contributed by atoms with Crippen molar-refractivity contribution in [1.82, 2.24) is 10.3 Å². The monoisotopic (exact) mass is 511 g/mol. The molecule has 1 saturated heterocycles. The van der Waals surface area contributed by atoms with Crippen LogP contribution in [0.2, 0.25) is 10.0 Å². The smallest absolute Gasteiger partial charge is 0.362 e. The van der Waals surface area contributed by atoms with Crippen molar-refractivity contribution in [2.24, 2.45) is 11.0 Å². The summed E-state index contributed by atoms with van der Waals surface area (Å²) in [7, 11) is 0. The number of amides is 1. The van der Waals surface area contributed by atoms with Crippen LogP contribution in [0.1, 0.15) is 42.5 Å². The van der Waals surface area contributed by atoms with Gasteiger partial charge in [-0.25, -0.2) is 0 Å². The van der Waals surface area contributed by atoms with E-state index in [4.69, 9.17) is 27.9 Å². The van der Waals surface area contributed by atoms with Crippen LogP contribution in [0.15, 0.2) is 41.5 Å². The van der Waals surface area contributed by atoms with Crippen molar-refractivity contribution in [2.75, 3.05) is 13.1 Å². The van der Waals surface area contributed by atoms with Gasteiger partial charge in [-0.2, -0.15) is 18.3 Å². The fourth-order valence-corrected chi connectivity index (χ4v) is 5.46. The lowest BCUT2D eigenvalue weighted by Gasteiger charge is -2.48. The molecule has 0 bridgehead atoms. The van der Waals surface area contributed by atoms with Crippen LogP contribution < -0.4 is 5.43 Å². The predicted molar refractivity (Wildman–Crippen MR) is 123 cm³/mol. The molecule has 1 fully saturated rings. The lowest BCUT2D eigenvalue weighted by atomic mass is 9.82. The number of ether oxygens (including phenoxy) is 1. The topological polar surface area (TPSA) is 53.9 Å². The quantitative estimate of drug-likeness (QED) is 0.602. The Balaban J connectivity index is 1.41. The molecule has 1 spiro atoms. The number of carbonyl (C=O) groups excluding carboxylic acids is 1. The van der Waals surface area contributed by atoms with Crippen molar-refractivity contribution in [3.05, 3.63) is 68.7 Å². The van der Waals surface area contributed by atoms with Gasteiger partial charge in [-0.3, -0.25) is 10.2 Å². The van der Waals surface area contributed by atoms with Crippen molar-refractivity contribution < 1.29 is 22.7 Å². The molecule has 5 nitrogen and oxygen atoms in total. The summed E-state index contributed by atoms with van der Waals surface area (Å²) in [5.74, 6) is -0.00737. The fraction of sp³-hybridized carbons (Fsp3) is 0.417. The summed E-state index contributed by atoms with van der Waals surface area (Å²) in [6, 6.07) is 9.37. The molecular weight excluding hydrogens is 490 g/mol. The number of rotatable bonds is 3. The summed E-state index contributed by atoms with van der Waals surface area (Å²) < 4.78 is 49.0. The van der Waals surface area contributed by atoms with E-state index in [-0.39, 0.29) is 33.1 Å². The van der Waals surface area contributed by atoms with Gasteiger partial charge in [0.05, 0.1) is 25.4 Å². The number of alkyl halides is 3. The minimum atomic E-state index is -4.64. The van der Waals surface area contributed by atoms with E-state index in [1.807, 2.05) is 26.0 Å². The van der Waals surface area contributed by atoms with Gasteiger partial charge in [-0.1, -0.05) is 49.2 Å². The molecule has 34 heavy (non-hydrogen) atoms. The zero-order valence-electron chi connectivity index (χ0n) is 18.5. The number of benzene rings is 2. The van der Waals surface area contributed by atoms with E-state index in [2.05, 4.69) is 10.5 Å². The van der Waals surface area contributed by atoms with Gasteiger partial charge >= 0.3 is 6.18 Å². The van der Waals surface area contributed by atoms with Gasteiger partial charge in [-0.05, 0) is 46.5 Å². The van der Waals surface area contributed by atoms with Crippen LogP contribution in [0, 0.1) is 5.92 Å². The van der Waals surface area contributed by atoms with Gasteiger partial charge in [-0.15, -0.1) is 0 Å². The summed E-state index contributed by atoms with van der Waals surface area (Å²) in [5, 5.41) is 4.31. The second-order valence-corrected chi connectivity index (χ2v) is 10.3. The van der Waals surface area contributed by atoms with Gasteiger partial charge in [0.15, 0.2) is 5.54 Å². The number of carbonyl (C=O) groups is 1.